The highest BCUT2D eigenvalue weighted by molar-refractivity contribution is 5.61. The van der Waals surface area contributed by atoms with E-state index in [0.717, 1.165) is 11.3 Å². The highest BCUT2D eigenvalue weighted by atomic mass is 15.1. The van der Waals surface area contributed by atoms with Gasteiger partial charge in [0.15, 0.2) is 10.8 Å². The molecule has 1 aliphatic carbocycles. The number of benzene rings is 1. The summed E-state index contributed by atoms with van der Waals surface area (Å²) in [5, 5.41) is 37.9. The van der Waals surface area contributed by atoms with Crippen LogP contribution in [0, 0.1) is 56.2 Å². The molecule has 1 aliphatic rings. The Kier molecular flexibility index (Phi) is 3.15. The normalized spacial score (nSPS) is 20.1. The monoisotopic (exact) mass is 297 g/mol. The summed E-state index contributed by atoms with van der Waals surface area (Å²) >= 11 is 0. The highest BCUT2D eigenvalue weighted by Crippen LogP contribution is 2.62. The van der Waals surface area contributed by atoms with Crippen LogP contribution in [0.4, 0.5) is 0 Å². The van der Waals surface area contributed by atoms with Crippen LogP contribution >= 0.6 is 0 Å². The van der Waals surface area contributed by atoms with Crippen LogP contribution < -0.4 is 0 Å². The summed E-state index contributed by atoms with van der Waals surface area (Å²) in [7, 11) is 0. The zero-order valence-corrected chi connectivity index (χ0v) is 12.1. The molecule has 1 saturated carbocycles. The molecule has 108 valence electrons. The van der Waals surface area contributed by atoms with Gasteiger partial charge in [-0.1, -0.05) is 30.3 Å². The molecule has 1 atom stereocenters. The molecule has 3 rings (SSSR count). The zero-order chi connectivity index (χ0) is 16.5. The Morgan fingerprint density at radius 1 is 0.870 bits per heavy atom. The molecule has 0 N–H and O–H groups in total. The van der Waals surface area contributed by atoms with Gasteiger partial charge in [-0.3, -0.25) is 0 Å². The van der Waals surface area contributed by atoms with E-state index in [9.17, 15) is 21.0 Å². The molecule has 1 fully saturated rings. The second-order valence-corrected chi connectivity index (χ2v) is 5.55. The molecule has 5 nitrogen and oxygen atoms in total. The first-order valence-corrected chi connectivity index (χ1v) is 7.05. The number of nitriles is 4. The summed E-state index contributed by atoms with van der Waals surface area (Å²) in [4.78, 5) is 0. The molecular formula is C18H11N5. The summed E-state index contributed by atoms with van der Waals surface area (Å²) in [6.07, 6.45) is 1.95. The summed E-state index contributed by atoms with van der Waals surface area (Å²) in [6.45, 7) is 0. The van der Waals surface area contributed by atoms with Crippen LogP contribution in [0.25, 0.3) is 11.3 Å². The topological polar surface area (TPSA) is 100 Å². The second-order valence-electron chi connectivity index (χ2n) is 5.55. The van der Waals surface area contributed by atoms with Crippen molar-refractivity contribution in [1.29, 1.82) is 21.0 Å². The Morgan fingerprint density at radius 2 is 1.52 bits per heavy atom. The summed E-state index contributed by atoms with van der Waals surface area (Å²) < 4.78 is 1.83. The van der Waals surface area contributed by atoms with Crippen LogP contribution in [0.2, 0.25) is 0 Å². The van der Waals surface area contributed by atoms with Gasteiger partial charge in [0.25, 0.3) is 0 Å². The lowest BCUT2D eigenvalue weighted by Crippen LogP contribution is -2.56. The quantitative estimate of drug-likeness (QED) is 0.849. The van der Waals surface area contributed by atoms with E-state index >= 15 is 0 Å². The average Bonchev–Trinajstić information content (AvgIpc) is 3.06. The lowest BCUT2D eigenvalue weighted by atomic mass is 9.48. The second kappa shape index (κ2) is 5.03. The van der Waals surface area contributed by atoms with Crippen molar-refractivity contribution in [3.05, 3.63) is 48.7 Å². The van der Waals surface area contributed by atoms with Crippen molar-refractivity contribution in [2.45, 2.75) is 12.5 Å². The van der Waals surface area contributed by atoms with Gasteiger partial charge in [0.2, 0.25) is 0 Å². The lowest BCUT2D eigenvalue weighted by Gasteiger charge is -2.49. The van der Waals surface area contributed by atoms with Crippen molar-refractivity contribution in [3.63, 3.8) is 0 Å². The smallest absolute Gasteiger partial charge is 0.195 e. The average molecular weight is 297 g/mol. The number of aromatic nitrogens is 1. The Morgan fingerprint density at radius 3 is 2.09 bits per heavy atom. The van der Waals surface area contributed by atoms with E-state index < -0.39 is 16.9 Å². The van der Waals surface area contributed by atoms with Crippen LogP contribution in [0.3, 0.4) is 0 Å². The fourth-order valence-corrected chi connectivity index (χ4v) is 3.24. The van der Waals surface area contributed by atoms with Gasteiger partial charge in [0, 0.05) is 18.3 Å². The lowest BCUT2D eigenvalue weighted by molar-refractivity contribution is 0.0462. The Labute approximate surface area is 133 Å². The number of rotatable bonds is 2. The van der Waals surface area contributed by atoms with Gasteiger partial charge in [-0.25, -0.2) is 0 Å². The Balaban J connectivity index is 2.12. The minimum atomic E-state index is -1.67. The predicted molar refractivity (Wildman–Crippen MR) is 80.8 cm³/mol. The van der Waals surface area contributed by atoms with Crippen LogP contribution in [0.5, 0.6) is 0 Å². The third-order valence-corrected chi connectivity index (χ3v) is 4.59. The SMILES string of the molecule is N#CC1(C#N)CC(n2cccc2-c2ccccc2)C1(C#N)C#N. The van der Waals surface area contributed by atoms with Gasteiger partial charge < -0.3 is 4.57 Å². The van der Waals surface area contributed by atoms with Gasteiger partial charge in [-0.05, 0) is 17.7 Å². The molecule has 0 amide bonds. The third-order valence-electron chi connectivity index (χ3n) is 4.59. The van der Waals surface area contributed by atoms with E-state index in [4.69, 9.17) is 0 Å². The van der Waals surface area contributed by atoms with Crippen LogP contribution in [0.15, 0.2) is 48.7 Å². The first kappa shape index (κ1) is 14.4. The van der Waals surface area contributed by atoms with Crippen molar-refractivity contribution in [2.75, 3.05) is 0 Å². The van der Waals surface area contributed by atoms with E-state index in [1.807, 2.05) is 71.3 Å². The number of nitrogens with zero attached hydrogens (tertiary/aromatic N) is 5. The molecule has 23 heavy (non-hydrogen) atoms. The fourth-order valence-electron chi connectivity index (χ4n) is 3.24. The molecule has 0 radical (unpaired) electrons. The van der Waals surface area contributed by atoms with Gasteiger partial charge in [-0.15, -0.1) is 0 Å². The van der Waals surface area contributed by atoms with Crippen molar-refractivity contribution in [1.82, 2.24) is 4.57 Å². The van der Waals surface area contributed by atoms with Crippen molar-refractivity contribution in [3.8, 4) is 35.5 Å². The van der Waals surface area contributed by atoms with E-state index in [1.54, 1.807) is 6.20 Å². The highest BCUT2D eigenvalue weighted by Gasteiger charge is 2.70. The van der Waals surface area contributed by atoms with Gasteiger partial charge in [0.05, 0.1) is 30.3 Å². The van der Waals surface area contributed by atoms with Crippen LogP contribution in [-0.4, -0.2) is 4.57 Å². The molecule has 1 aromatic carbocycles. The van der Waals surface area contributed by atoms with Crippen LogP contribution in [0.1, 0.15) is 12.5 Å². The predicted octanol–water partition coefficient (Wildman–Crippen LogP) is 3.17. The Hall–Kier alpha value is -3.54. The number of hydrogen-bond acceptors (Lipinski definition) is 4. The zero-order valence-electron chi connectivity index (χ0n) is 12.1. The van der Waals surface area contributed by atoms with Crippen molar-refractivity contribution in [2.24, 2.45) is 10.8 Å². The maximum atomic E-state index is 9.58. The van der Waals surface area contributed by atoms with Crippen LogP contribution in [-0.2, 0) is 0 Å². The third kappa shape index (κ3) is 1.69. The van der Waals surface area contributed by atoms with E-state index in [-0.39, 0.29) is 6.42 Å². The molecule has 1 unspecified atom stereocenters. The number of hydrogen-bond donors (Lipinski definition) is 0. The summed E-state index contributed by atoms with van der Waals surface area (Å²) in [6, 6.07) is 20.5. The summed E-state index contributed by atoms with van der Waals surface area (Å²) in [5.74, 6) is 0. The molecular weight excluding hydrogens is 286 g/mol. The van der Waals surface area contributed by atoms with Crippen molar-refractivity contribution >= 4 is 0 Å². The maximum absolute atomic E-state index is 9.58. The summed E-state index contributed by atoms with van der Waals surface area (Å²) in [5.41, 5.74) is -1.44. The molecule has 5 heteroatoms. The standard InChI is InChI=1S/C18H11N5/c19-10-17(11-20)9-16(18(17,12-21)13-22)23-8-4-7-15(23)14-5-2-1-3-6-14/h1-8,16H,9H2. The van der Waals surface area contributed by atoms with E-state index in [1.165, 1.54) is 0 Å². The fraction of sp³-hybridized carbons (Fsp3) is 0.222. The van der Waals surface area contributed by atoms with Gasteiger partial charge >= 0.3 is 0 Å². The van der Waals surface area contributed by atoms with E-state index in [2.05, 4.69) is 0 Å². The maximum Gasteiger partial charge on any atom is 0.195 e. The minimum absolute atomic E-state index is 0.162. The molecule has 0 spiro atoms. The molecule has 1 aromatic heterocycles. The molecule has 0 saturated heterocycles. The minimum Gasteiger partial charge on any atom is -0.342 e. The Bertz CT molecular complexity index is 883. The van der Waals surface area contributed by atoms with Gasteiger partial charge in [0.1, 0.15) is 0 Å². The van der Waals surface area contributed by atoms with Gasteiger partial charge in [-0.2, -0.15) is 21.0 Å². The molecule has 1 heterocycles. The largest absolute Gasteiger partial charge is 0.342 e. The van der Waals surface area contributed by atoms with E-state index in [0.29, 0.717) is 0 Å². The molecule has 0 aliphatic heterocycles. The molecule has 2 aromatic rings. The van der Waals surface area contributed by atoms with Crippen molar-refractivity contribution < 1.29 is 0 Å². The first-order chi connectivity index (χ1) is 11.2. The first-order valence-electron chi connectivity index (χ1n) is 7.05. The molecule has 0 bridgehead atoms.